The Hall–Kier alpha value is -1.83. The van der Waals surface area contributed by atoms with Crippen molar-refractivity contribution in [1.29, 1.82) is 0 Å². The summed E-state index contributed by atoms with van der Waals surface area (Å²) in [6, 6.07) is 1.86. The second-order valence-corrected chi connectivity index (χ2v) is 7.26. The van der Waals surface area contributed by atoms with Crippen molar-refractivity contribution in [3.8, 4) is 10.8 Å². The van der Waals surface area contributed by atoms with Crippen LogP contribution >= 0.6 is 11.3 Å². The van der Waals surface area contributed by atoms with Crippen LogP contribution in [0.1, 0.15) is 31.4 Å². The molecule has 0 saturated heterocycles. The molecule has 2 aromatic heterocycles. The third-order valence-electron chi connectivity index (χ3n) is 4.05. The highest BCUT2D eigenvalue weighted by Gasteiger charge is 2.35. The Morgan fingerprint density at radius 1 is 1.21 bits per heavy atom. The van der Waals surface area contributed by atoms with Crippen LogP contribution in [0.2, 0.25) is 0 Å². The normalized spacial score (nSPS) is 17.7. The zero-order valence-electron chi connectivity index (χ0n) is 14.0. The average molecular weight is 353 g/mol. The van der Waals surface area contributed by atoms with E-state index in [0.29, 0.717) is 24.5 Å². The van der Waals surface area contributed by atoms with Gasteiger partial charge in [0.1, 0.15) is 11.6 Å². The molecule has 1 aliphatic rings. The molecule has 3 rings (SSSR count). The van der Waals surface area contributed by atoms with Gasteiger partial charge in [-0.25, -0.2) is 23.7 Å². The molecule has 0 radical (unpaired) electrons. The van der Waals surface area contributed by atoms with Gasteiger partial charge < -0.3 is 10.2 Å². The topological polar surface area (TPSA) is 53.9 Å². The molecule has 5 nitrogen and oxygen atoms in total. The van der Waals surface area contributed by atoms with Gasteiger partial charge in [-0.1, -0.05) is 0 Å². The summed E-state index contributed by atoms with van der Waals surface area (Å²) < 4.78 is 26.6. The number of alkyl halides is 2. The predicted octanol–water partition coefficient (Wildman–Crippen LogP) is 3.96. The van der Waals surface area contributed by atoms with Crippen molar-refractivity contribution in [2.75, 3.05) is 24.3 Å². The van der Waals surface area contributed by atoms with E-state index >= 15 is 0 Å². The lowest BCUT2D eigenvalue weighted by atomic mass is 9.92. The lowest BCUT2D eigenvalue weighted by molar-refractivity contribution is -0.0361. The van der Waals surface area contributed by atoms with Crippen LogP contribution < -0.4 is 10.2 Å². The first-order valence-corrected chi connectivity index (χ1v) is 8.84. The number of nitrogens with zero attached hydrogens (tertiary/aromatic N) is 4. The van der Waals surface area contributed by atoms with E-state index in [1.807, 2.05) is 37.4 Å². The largest absolute Gasteiger partial charge is 0.367 e. The van der Waals surface area contributed by atoms with Gasteiger partial charge in [0.15, 0.2) is 10.8 Å². The first-order chi connectivity index (χ1) is 11.3. The van der Waals surface area contributed by atoms with Gasteiger partial charge in [-0.15, -0.1) is 11.3 Å². The van der Waals surface area contributed by atoms with Gasteiger partial charge in [-0.05, 0) is 19.8 Å². The number of nitrogens with one attached hydrogen (secondary N) is 1. The van der Waals surface area contributed by atoms with Crippen LogP contribution in [-0.2, 0) is 0 Å². The molecule has 0 aliphatic heterocycles. The fraction of sp³-hybridized carbons (Fsp3) is 0.562. The average Bonchev–Trinajstić information content (AvgIpc) is 2.96. The number of anilines is 2. The third kappa shape index (κ3) is 3.98. The van der Waals surface area contributed by atoms with Crippen LogP contribution in [0.3, 0.4) is 0 Å². The van der Waals surface area contributed by atoms with Crippen molar-refractivity contribution in [2.45, 2.75) is 44.6 Å². The van der Waals surface area contributed by atoms with Crippen molar-refractivity contribution < 1.29 is 8.78 Å². The Labute approximate surface area is 144 Å². The van der Waals surface area contributed by atoms with Crippen LogP contribution in [0.15, 0.2) is 11.4 Å². The number of hydrogen-bond acceptors (Lipinski definition) is 6. The molecule has 24 heavy (non-hydrogen) atoms. The summed E-state index contributed by atoms with van der Waals surface area (Å²) in [5.74, 6) is -0.548. The molecule has 0 unspecified atom stereocenters. The number of rotatable bonds is 4. The van der Waals surface area contributed by atoms with E-state index in [1.165, 1.54) is 11.3 Å². The second kappa shape index (κ2) is 6.58. The van der Waals surface area contributed by atoms with E-state index in [4.69, 9.17) is 0 Å². The van der Waals surface area contributed by atoms with E-state index in [0.717, 1.165) is 16.5 Å². The highest BCUT2D eigenvalue weighted by molar-refractivity contribution is 7.13. The maximum Gasteiger partial charge on any atom is 0.248 e. The molecule has 1 saturated carbocycles. The van der Waals surface area contributed by atoms with Crippen LogP contribution in [0.5, 0.6) is 0 Å². The maximum atomic E-state index is 13.3. The van der Waals surface area contributed by atoms with Crippen LogP contribution in [-0.4, -0.2) is 41.0 Å². The first kappa shape index (κ1) is 17.0. The predicted molar refractivity (Wildman–Crippen MR) is 93.0 cm³/mol. The minimum absolute atomic E-state index is 0.0143. The number of aromatic nitrogens is 3. The van der Waals surface area contributed by atoms with E-state index in [-0.39, 0.29) is 18.9 Å². The standard InChI is InChI=1S/C16H21F2N5S/c1-10-9-24-15(19-10)14-21-12(8-13(22-14)23(2)3)20-11-4-6-16(17,18)7-5-11/h8-9,11H,4-7H2,1-3H3,(H,20,21,22). The third-order valence-corrected chi connectivity index (χ3v) is 5.01. The first-order valence-electron chi connectivity index (χ1n) is 7.96. The lowest BCUT2D eigenvalue weighted by Crippen LogP contribution is -2.32. The highest BCUT2D eigenvalue weighted by Crippen LogP contribution is 2.34. The second-order valence-electron chi connectivity index (χ2n) is 6.40. The summed E-state index contributed by atoms with van der Waals surface area (Å²) in [7, 11) is 3.81. The molecule has 1 fully saturated rings. The Kier molecular flexibility index (Phi) is 4.67. The van der Waals surface area contributed by atoms with E-state index in [1.54, 1.807) is 0 Å². The number of hydrogen-bond donors (Lipinski definition) is 1. The minimum Gasteiger partial charge on any atom is -0.367 e. The van der Waals surface area contributed by atoms with E-state index in [2.05, 4.69) is 20.3 Å². The lowest BCUT2D eigenvalue weighted by Gasteiger charge is -2.29. The summed E-state index contributed by atoms with van der Waals surface area (Å²) in [6.07, 6.45) is 0.740. The molecule has 0 bridgehead atoms. The van der Waals surface area contributed by atoms with E-state index < -0.39 is 5.92 Å². The number of thiazole rings is 1. The van der Waals surface area contributed by atoms with Gasteiger partial charge in [-0.2, -0.15) is 0 Å². The molecule has 0 aromatic carbocycles. The van der Waals surface area contributed by atoms with Gasteiger partial charge in [-0.3, -0.25) is 0 Å². The molecule has 0 spiro atoms. The highest BCUT2D eigenvalue weighted by atomic mass is 32.1. The molecule has 1 aliphatic carbocycles. The molecular weight excluding hydrogens is 332 g/mol. The monoisotopic (exact) mass is 353 g/mol. The fourth-order valence-electron chi connectivity index (χ4n) is 2.68. The zero-order valence-corrected chi connectivity index (χ0v) is 14.8. The van der Waals surface area contributed by atoms with Gasteiger partial charge in [0.05, 0.1) is 0 Å². The Morgan fingerprint density at radius 2 is 1.92 bits per heavy atom. The van der Waals surface area contributed by atoms with Crippen LogP contribution in [0.25, 0.3) is 10.8 Å². The van der Waals surface area contributed by atoms with Crippen molar-refractivity contribution in [1.82, 2.24) is 15.0 Å². The van der Waals surface area contributed by atoms with Crippen LogP contribution in [0, 0.1) is 6.92 Å². The number of aryl methyl sites for hydroxylation is 1. The maximum absolute atomic E-state index is 13.3. The smallest absolute Gasteiger partial charge is 0.248 e. The van der Waals surface area contributed by atoms with Crippen molar-refractivity contribution in [3.63, 3.8) is 0 Å². The summed E-state index contributed by atoms with van der Waals surface area (Å²) in [5, 5.41) is 6.01. The van der Waals surface area contributed by atoms with Gasteiger partial charge in [0.25, 0.3) is 0 Å². The number of halogens is 2. The molecule has 8 heteroatoms. The summed E-state index contributed by atoms with van der Waals surface area (Å²) in [4.78, 5) is 15.4. The quantitative estimate of drug-likeness (QED) is 0.901. The fourth-order valence-corrected chi connectivity index (χ4v) is 3.41. The molecule has 0 atom stereocenters. The van der Waals surface area contributed by atoms with Gasteiger partial charge >= 0.3 is 0 Å². The Bertz CT molecular complexity index is 706. The van der Waals surface area contributed by atoms with Crippen LogP contribution in [0.4, 0.5) is 20.4 Å². The Morgan fingerprint density at radius 3 is 2.50 bits per heavy atom. The molecule has 130 valence electrons. The van der Waals surface area contributed by atoms with Gasteiger partial charge in [0, 0.05) is 50.1 Å². The van der Waals surface area contributed by atoms with Crippen molar-refractivity contribution in [2.24, 2.45) is 0 Å². The molecular formula is C16H21F2N5S. The van der Waals surface area contributed by atoms with E-state index in [9.17, 15) is 8.78 Å². The Balaban J connectivity index is 1.83. The summed E-state index contributed by atoms with van der Waals surface area (Å²) >= 11 is 1.50. The van der Waals surface area contributed by atoms with Crippen molar-refractivity contribution in [3.05, 3.63) is 17.1 Å². The molecule has 0 amide bonds. The molecule has 2 aromatic rings. The SMILES string of the molecule is Cc1csc(-c2nc(NC3CCC(F)(F)CC3)cc(N(C)C)n2)n1. The molecule has 1 N–H and O–H groups in total. The molecule has 2 heterocycles. The minimum atomic E-state index is -2.53. The summed E-state index contributed by atoms with van der Waals surface area (Å²) in [6.45, 7) is 1.93. The van der Waals surface area contributed by atoms with Gasteiger partial charge in [0.2, 0.25) is 5.92 Å². The van der Waals surface area contributed by atoms with Crippen molar-refractivity contribution >= 4 is 23.0 Å². The zero-order chi connectivity index (χ0) is 17.3. The summed E-state index contributed by atoms with van der Waals surface area (Å²) in [5.41, 5.74) is 0.929.